The van der Waals surface area contributed by atoms with Crippen LogP contribution in [0.3, 0.4) is 0 Å². The third kappa shape index (κ3) is 2.16. The molecule has 1 aromatic heterocycles. The maximum atomic E-state index is 5.76. The van der Waals surface area contributed by atoms with Gasteiger partial charge in [-0.2, -0.15) is 0 Å². The van der Waals surface area contributed by atoms with Crippen molar-refractivity contribution >= 4 is 11.3 Å². The average molecular weight is 250 g/mol. The lowest BCUT2D eigenvalue weighted by Gasteiger charge is -2.16. The monoisotopic (exact) mass is 250 g/mol. The van der Waals surface area contributed by atoms with E-state index < -0.39 is 0 Å². The molecule has 3 heteroatoms. The molecule has 3 atom stereocenters. The van der Waals surface area contributed by atoms with Crippen LogP contribution in [-0.4, -0.2) is 6.04 Å². The van der Waals surface area contributed by atoms with Crippen LogP contribution in [0.4, 0.5) is 0 Å². The molecule has 3 unspecified atom stereocenters. The molecule has 0 aliphatic heterocycles. The van der Waals surface area contributed by atoms with Crippen LogP contribution >= 0.6 is 11.3 Å². The third-order valence-corrected chi connectivity index (χ3v) is 5.89. The zero-order chi connectivity index (χ0) is 11.8. The summed E-state index contributed by atoms with van der Waals surface area (Å²) >= 11 is 1.95. The fraction of sp³-hybridized carbons (Fsp3) is 0.714. The molecule has 1 heterocycles. The SMILES string of the molecule is CCc1ccc(CC(NN)C2C3CCCC32)s1. The van der Waals surface area contributed by atoms with Crippen LogP contribution in [0, 0.1) is 17.8 Å². The molecule has 94 valence electrons. The van der Waals surface area contributed by atoms with Gasteiger partial charge in [0, 0.05) is 15.8 Å². The lowest BCUT2D eigenvalue weighted by molar-refractivity contribution is 0.412. The van der Waals surface area contributed by atoms with Crippen molar-refractivity contribution in [2.75, 3.05) is 0 Å². The van der Waals surface area contributed by atoms with Crippen molar-refractivity contribution in [3.05, 3.63) is 21.9 Å². The second-order valence-corrected chi connectivity index (χ2v) is 6.79. The van der Waals surface area contributed by atoms with Gasteiger partial charge in [-0.05, 0) is 55.6 Å². The van der Waals surface area contributed by atoms with Crippen molar-refractivity contribution in [1.29, 1.82) is 0 Å². The fourth-order valence-corrected chi connectivity index (χ4v) is 4.73. The van der Waals surface area contributed by atoms with Gasteiger partial charge in [-0.3, -0.25) is 11.3 Å². The van der Waals surface area contributed by atoms with Crippen LogP contribution in [0.2, 0.25) is 0 Å². The van der Waals surface area contributed by atoms with E-state index in [0.29, 0.717) is 6.04 Å². The van der Waals surface area contributed by atoms with Crippen molar-refractivity contribution in [2.24, 2.45) is 23.6 Å². The molecule has 3 rings (SSSR count). The van der Waals surface area contributed by atoms with Gasteiger partial charge in [-0.1, -0.05) is 13.3 Å². The van der Waals surface area contributed by atoms with E-state index >= 15 is 0 Å². The molecular weight excluding hydrogens is 228 g/mol. The van der Waals surface area contributed by atoms with E-state index in [1.165, 1.54) is 29.0 Å². The van der Waals surface area contributed by atoms with E-state index in [9.17, 15) is 0 Å². The standard InChI is InChI=1S/C14H22N2S/c1-2-9-6-7-10(17-9)8-13(16-15)14-11-4-3-5-12(11)14/h6-7,11-14,16H,2-5,8,15H2,1H3. The van der Waals surface area contributed by atoms with Gasteiger partial charge < -0.3 is 0 Å². The van der Waals surface area contributed by atoms with Crippen molar-refractivity contribution in [2.45, 2.75) is 45.1 Å². The third-order valence-electron chi connectivity index (χ3n) is 4.64. The molecule has 2 nitrogen and oxygen atoms in total. The number of fused-ring (bicyclic) bond motifs is 1. The van der Waals surface area contributed by atoms with Crippen LogP contribution in [0.5, 0.6) is 0 Å². The molecule has 2 aliphatic carbocycles. The Hall–Kier alpha value is -0.380. The quantitative estimate of drug-likeness (QED) is 0.623. The van der Waals surface area contributed by atoms with Gasteiger partial charge in [0.05, 0.1) is 0 Å². The van der Waals surface area contributed by atoms with Gasteiger partial charge in [0.2, 0.25) is 0 Å². The number of thiophene rings is 1. The minimum Gasteiger partial charge on any atom is -0.271 e. The van der Waals surface area contributed by atoms with E-state index in [1.807, 2.05) is 11.3 Å². The lowest BCUT2D eigenvalue weighted by atomic mass is 10.0. The number of nitrogens with two attached hydrogens (primary N) is 1. The smallest absolute Gasteiger partial charge is 0.0292 e. The highest BCUT2D eigenvalue weighted by atomic mass is 32.1. The van der Waals surface area contributed by atoms with Crippen molar-refractivity contribution in [3.63, 3.8) is 0 Å². The molecule has 2 aliphatic rings. The number of aryl methyl sites for hydroxylation is 1. The first kappa shape index (κ1) is 11.7. The van der Waals surface area contributed by atoms with Crippen LogP contribution in [0.25, 0.3) is 0 Å². The summed E-state index contributed by atoms with van der Waals surface area (Å²) in [5.41, 5.74) is 3.08. The predicted octanol–water partition coefficient (Wildman–Crippen LogP) is 2.73. The number of rotatable bonds is 5. The predicted molar refractivity (Wildman–Crippen MR) is 72.8 cm³/mol. The van der Waals surface area contributed by atoms with E-state index in [2.05, 4.69) is 24.5 Å². The van der Waals surface area contributed by atoms with Gasteiger partial charge in [0.15, 0.2) is 0 Å². The molecule has 17 heavy (non-hydrogen) atoms. The Balaban J connectivity index is 1.62. The average Bonchev–Trinajstić information content (AvgIpc) is 2.78. The molecule has 2 saturated carbocycles. The first-order valence-corrected chi connectivity index (χ1v) is 7.69. The second-order valence-electron chi connectivity index (χ2n) is 5.53. The maximum absolute atomic E-state index is 5.76. The van der Waals surface area contributed by atoms with Gasteiger partial charge >= 0.3 is 0 Å². The highest BCUT2D eigenvalue weighted by molar-refractivity contribution is 7.11. The van der Waals surface area contributed by atoms with Gasteiger partial charge in [-0.25, -0.2) is 0 Å². The molecule has 3 N–H and O–H groups in total. The van der Waals surface area contributed by atoms with E-state index in [-0.39, 0.29) is 0 Å². The first-order chi connectivity index (χ1) is 8.33. The largest absolute Gasteiger partial charge is 0.271 e. The van der Waals surface area contributed by atoms with Gasteiger partial charge in [0.1, 0.15) is 0 Å². The fourth-order valence-electron chi connectivity index (χ4n) is 3.72. The topological polar surface area (TPSA) is 38.0 Å². The molecule has 0 bridgehead atoms. The van der Waals surface area contributed by atoms with Crippen LogP contribution < -0.4 is 11.3 Å². The Labute approximate surface area is 108 Å². The summed E-state index contributed by atoms with van der Waals surface area (Å²) in [6, 6.07) is 5.06. The summed E-state index contributed by atoms with van der Waals surface area (Å²) in [5, 5.41) is 0. The molecule has 0 radical (unpaired) electrons. The molecular formula is C14H22N2S. The Bertz CT molecular complexity index is 377. The Kier molecular flexibility index (Phi) is 3.24. The number of hydrogen-bond acceptors (Lipinski definition) is 3. The van der Waals surface area contributed by atoms with Crippen molar-refractivity contribution in [1.82, 2.24) is 5.43 Å². The number of nitrogens with one attached hydrogen (secondary N) is 1. The molecule has 0 spiro atoms. The summed E-state index contributed by atoms with van der Waals surface area (Å²) < 4.78 is 0. The van der Waals surface area contributed by atoms with Gasteiger partial charge in [-0.15, -0.1) is 11.3 Å². The Morgan fingerprint density at radius 1 is 1.35 bits per heavy atom. The minimum atomic E-state index is 0.508. The molecule has 0 saturated heterocycles. The zero-order valence-electron chi connectivity index (χ0n) is 10.5. The van der Waals surface area contributed by atoms with Crippen molar-refractivity contribution in [3.8, 4) is 0 Å². The molecule has 0 aromatic carbocycles. The summed E-state index contributed by atoms with van der Waals surface area (Å²) in [7, 11) is 0. The lowest BCUT2D eigenvalue weighted by Crippen LogP contribution is -2.39. The highest BCUT2D eigenvalue weighted by Crippen LogP contribution is 2.59. The normalized spacial score (nSPS) is 32.5. The van der Waals surface area contributed by atoms with Gasteiger partial charge in [0.25, 0.3) is 0 Å². The maximum Gasteiger partial charge on any atom is 0.0292 e. The molecule has 0 amide bonds. The zero-order valence-corrected chi connectivity index (χ0v) is 11.3. The minimum absolute atomic E-state index is 0.508. The van der Waals surface area contributed by atoms with E-state index in [4.69, 9.17) is 5.84 Å². The van der Waals surface area contributed by atoms with Crippen LogP contribution in [0.1, 0.15) is 35.9 Å². The number of hydrogen-bond donors (Lipinski definition) is 2. The first-order valence-electron chi connectivity index (χ1n) is 6.87. The van der Waals surface area contributed by atoms with Crippen LogP contribution in [0.15, 0.2) is 12.1 Å². The summed E-state index contributed by atoms with van der Waals surface area (Å²) in [6.45, 7) is 2.22. The van der Waals surface area contributed by atoms with Crippen LogP contribution in [-0.2, 0) is 12.8 Å². The number of hydrazine groups is 1. The summed E-state index contributed by atoms with van der Waals surface area (Å²) in [6.07, 6.45) is 6.61. The summed E-state index contributed by atoms with van der Waals surface area (Å²) in [4.78, 5) is 2.99. The molecule has 1 aromatic rings. The van der Waals surface area contributed by atoms with Crippen molar-refractivity contribution < 1.29 is 0 Å². The van der Waals surface area contributed by atoms with E-state index in [1.54, 1.807) is 0 Å². The summed E-state index contributed by atoms with van der Waals surface area (Å²) in [5.74, 6) is 8.60. The second kappa shape index (κ2) is 4.71. The highest BCUT2D eigenvalue weighted by Gasteiger charge is 2.55. The Morgan fingerprint density at radius 2 is 2.06 bits per heavy atom. The molecule has 2 fully saturated rings. The van der Waals surface area contributed by atoms with E-state index in [0.717, 1.165) is 30.6 Å². The Morgan fingerprint density at radius 3 is 2.65 bits per heavy atom.